The molecule has 0 saturated carbocycles. The molecule has 0 spiro atoms. The normalized spacial score (nSPS) is 12.0. The topological polar surface area (TPSA) is 130 Å². The summed E-state index contributed by atoms with van der Waals surface area (Å²) in [5, 5.41) is 9.03. The van der Waals surface area contributed by atoms with Gasteiger partial charge in [0.25, 0.3) is 11.3 Å². The molecule has 0 saturated heterocycles. The van der Waals surface area contributed by atoms with Gasteiger partial charge in [-0.2, -0.15) is 18.4 Å². The number of hydrogen-bond donors (Lipinski definition) is 2. The maximum atomic E-state index is 13.1. The summed E-state index contributed by atoms with van der Waals surface area (Å²) in [6.07, 6.45) is -2.83. The first-order valence-electron chi connectivity index (χ1n) is 9.72. The number of aromatic nitrogens is 1. The average Bonchev–Trinajstić information content (AvgIpc) is 2.79. The smallest absolute Gasteiger partial charge is 0.417 e. The van der Waals surface area contributed by atoms with E-state index < -0.39 is 33.9 Å². The van der Waals surface area contributed by atoms with Gasteiger partial charge in [-0.15, -0.1) is 0 Å². The fourth-order valence-corrected chi connectivity index (χ4v) is 3.77. The van der Waals surface area contributed by atoms with E-state index >= 15 is 0 Å². The Hall–Kier alpha value is -3.66. The summed E-state index contributed by atoms with van der Waals surface area (Å²) in [5.41, 5.74) is 4.69. The Kier molecular flexibility index (Phi) is 7.96. The third kappa shape index (κ3) is 6.48. The Morgan fingerprint density at radius 1 is 1.23 bits per heavy atom. The van der Waals surface area contributed by atoms with Crippen molar-refractivity contribution in [2.24, 2.45) is 5.73 Å². The first-order valence-corrected chi connectivity index (χ1v) is 11.2. The number of halogens is 4. The molecule has 1 heterocycles. The zero-order chi connectivity index (χ0) is 25.8. The van der Waals surface area contributed by atoms with Crippen molar-refractivity contribution in [2.75, 3.05) is 4.31 Å². The molecule has 1 unspecified atom stereocenters. The number of hydrogen-bond acceptors (Lipinski definition) is 5. The highest BCUT2D eigenvalue weighted by Gasteiger charge is 2.33. The zero-order valence-electron chi connectivity index (χ0n) is 17.6. The molecule has 0 aliphatic carbocycles. The molecule has 2 aromatic carbocycles. The van der Waals surface area contributed by atoms with Crippen LogP contribution in [0.5, 0.6) is 11.5 Å². The van der Waals surface area contributed by atoms with Crippen molar-refractivity contribution in [3.8, 4) is 17.6 Å². The molecule has 0 fully saturated rings. The second-order valence-corrected chi connectivity index (χ2v) is 8.28. The quantitative estimate of drug-likeness (QED) is 0.394. The van der Waals surface area contributed by atoms with Gasteiger partial charge in [0.05, 0.1) is 21.8 Å². The highest BCUT2D eigenvalue weighted by molar-refractivity contribution is 7.81. The van der Waals surface area contributed by atoms with Gasteiger partial charge in [0.1, 0.15) is 23.4 Å². The predicted octanol–water partition coefficient (Wildman–Crippen LogP) is 5.11. The SMILES string of the molecule is N#Cc1cc(N(c2ccc(CCC(N)=O)cn2)S(=O)O)ccc1Oc1ccc(Cl)c(C(F)(F)F)c1. The van der Waals surface area contributed by atoms with Crippen LogP contribution in [-0.2, 0) is 28.7 Å². The van der Waals surface area contributed by atoms with Gasteiger partial charge in [-0.05, 0) is 54.4 Å². The van der Waals surface area contributed by atoms with E-state index in [1.54, 1.807) is 6.07 Å². The predicted molar refractivity (Wildman–Crippen MR) is 122 cm³/mol. The number of pyridine rings is 1. The second-order valence-electron chi connectivity index (χ2n) is 7.05. The van der Waals surface area contributed by atoms with Gasteiger partial charge in [-0.3, -0.25) is 9.35 Å². The third-order valence-electron chi connectivity index (χ3n) is 4.62. The van der Waals surface area contributed by atoms with Crippen LogP contribution in [0.3, 0.4) is 0 Å². The van der Waals surface area contributed by atoms with Crippen molar-refractivity contribution in [2.45, 2.75) is 19.0 Å². The molecule has 35 heavy (non-hydrogen) atoms. The third-order valence-corrected chi connectivity index (χ3v) is 5.66. The van der Waals surface area contributed by atoms with E-state index in [1.807, 2.05) is 6.07 Å². The number of anilines is 2. The van der Waals surface area contributed by atoms with Crippen LogP contribution in [0.4, 0.5) is 24.7 Å². The molecule has 0 aliphatic heterocycles. The van der Waals surface area contributed by atoms with E-state index in [1.165, 1.54) is 36.5 Å². The Labute approximate surface area is 205 Å². The fourth-order valence-electron chi connectivity index (χ4n) is 2.99. The standard InChI is InChI=1S/C22H16ClF3N4O4S/c23-18-5-4-16(10-17(18)22(24,25)26)34-19-6-3-15(9-14(19)11-27)30(35(32)33)21-8-2-13(12-29-21)1-7-20(28)31/h2-6,8-10,12H,1,7H2,(H2,28,31)(H,32,33). The Morgan fingerprint density at radius 3 is 2.54 bits per heavy atom. The van der Waals surface area contributed by atoms with Crippen molar-refractivity contribution in [1.29, 1.82) is 5.26 Å². The number of carbonyl (C=O) groups is 1. The lowest BCUT2D eigenvalue weighted by atomic mass is 10.1. The molecule has 13 heteroatoms. The van der Waals surface area contributed by atoms with Crippen molar-refractivity contribution in [3.05, 3.63) is 76.4 Å². The summed E-state index contributed by atoms with van der Waals surface area (Å²) >= 11 is 3.03. The van der Waals surface area contributed by atoms with Crippen LogP contribution in [0, 0.1) is 11.3 Å². The van der Waals surface area contributed by atoms with Gasteiger partial charge < -0.3 is 10.5 Å². The van der Waals surface area contributed by atoms with Crippen molar-refractivity contribution < 1.29 is 31.5 Å². The summed E-state index contributed by atoms with van der Waals surface area (Å²) in [5.74, 6) is -0.697. The number of rotatable bonds is 8. The van der Waals surface area contributed by atoms with Crippen molar-refractivity contribution in [1.82, 2.24) is 4.98 Å². The number of nitrogens with two attached hydrogens (primary N) is 1. The van der Waals surface area contributed by atoms with Crippen LogP contribution in [0.15, 0.2) is 54.7 Å². The number of primary amides is 1. The van der Waals surface area contributed by atoms with E-state index in [9.17, 15) is 32.0 Å². The van der Waals surface area contributed by atoms with Crippen molar-refractivity contribution >= 4 is 40.3 Å². The molecule has 3 N–H and O–H groups in total. The fraction of sp³-hybridized carbons (Fsp3) is 0.136. The van der Waals surface area contributed by atoms with Crippen LogP contribution in [0.25, 0.3) is 0 Å². The van der Waals surface area contributed by atoms with Gasteiger partial charge in [0.2, 0.25) is 5.91 Å². The summed E-state index contributed by atoms with van der Waals surface area (Å²) in [4.78, 5) is 15.1. The van der Waals surface area contributed by atoms with Crippen LogP contribution in [-0.4, -0.2) is 19.7 Å². The van der Waals surface area contributed by atoms with Crippen molar-refractivity contribution in [3.63, 3.8) is 0 Å². The molecule has 3 rings (SSSR count). The lowest BCUT2D eigenvalue weighted by molar-refractivity contribution is -0.137. The summed E-state index contributed by atoms with van der Waals surface area (Å²) < 4.78 is 67.6. The molecule has 3 aromatic rings. The first kappa shape index (κ1) is 26.0. The molecule has 182 valence electrons. The van der Waals surface area contributed by atoms with Crippen LogP contribution >= 0.6 is 11.6 Å². The molecule has 1 amide bonds. The number of alkyl halides is 3. The van der Waals surface area contributed by atoms with E-state index in [0.29, 0.717) is 18.1 Å². The lowest BCUT2D eigenvalue weighted by Crippen LogP contribution is -2.20. The number of ether oxygens (including phenoxy) is 1. The van der Waals surface area contributed by atoms with Crippen LogP contribution < -0.4 is 14.8 Å². The molecule has 8 nitrogen and oxygen atoms in total. The Bertz CT molecular complexity index is 1310. The summed E-state index contributed by atoms with van der Waals surface area (Å²) in [7, 11) is 0. The van der Waals surface area contributed by atoms with Crippen LogP contribution in [0.1, 0.15) is 23.1 Å². The molecule has 0 radical (unpaired) electrons. The Morgan fingerprint density at radius 2 is 1.97 bits per heavy atom. The minimum atomic E-state index is -4.70. The lowest BCUT2D eigenvalue weighted by Gasteiger charge is -2.20. The number of nitriles is 1. The monoisotopic (exact) mass is 524 g/mol. The molecular weight excluding hydrogens is 509 g/mol. The minimum absolute atomic E-state index is 0.0683. The maximum absolute atomic E-state index is 13.1. The molecule has 1 atom stereocenters. The zero-order valence-corrected chi connectivity index (χ0v) is 19.2. The maximum Gasteiger partial charge on any atom is 0.417 e. The van der Waals surface area contributed by atoms with Gasteiger partial charge in [0.15, 0.2) is 0 Å². The minimum Gasteiger partial charge on any atom is -0.456 e. The Balaban J connectivity index is 1.90. The van der Waals surface area contributed by atoms with Gasteiger partial charge in [-0.1, -0.05) is 17.7 Å². The van der Waals surface area contributed by atoms with Crippen LogP contribution in [0.2, 0.25) is 5.02 Å². The highest BCUT2D eigenvalue weighted by Crippen LogP contribution is 2.38. The van der Waals surface area contributed by atoms with E-state index in [-0.39, 0.29) is 35.0 Å². The first-order chi connectivity index (χ1) is 16.5. The van der Waals surface area contributed by atoms with E-state index in [4.69, 9.17) is 22.1 Å². The molecule has 1 aromatic heterocycles. The largest absolute Gasteiger partial charge is 0.456 e. The van der Waals surface area contributed by atoms with Gasteiger partial charge in [-0.25, -0.2) is 13.5 Å². The summed E-state index contributed by atoms with van der Waals surface area (Å²) in [6, 6.07) is 11.7. The molecular formula is C22H16ClF3N4O4S. The second kappa shape index (κ2) is 10.7. The van der Waals surface area contributed by atoms with E-state index in [0.717, 1.165) is 10.4 Å². The average molecular weight is 525 g/mol. The number of amides is 1. The van der Waals surface area contributed by atoms with Gasteiger partial charge in [0, 0.05) is 12.6 Å². The molecule has 0 aliphatic rings. The number of benzene rings is 2. The number of carbonyl (C=O) groups excluding carboxylic acids is 1. The molecule has 0 bridgehead atoms. The van der Waals surface area contributed by atoms with Gasteiger partial charge >= 0.3 is 6.18 Å². The number of aryl methyl sites for hydroxylation is 1. The number of nitrogens with zero attached hydrogens (tertiary/aromatic N) is 3. The summed E-state index contributed by atoms with van der Waals surface area (Å²) in [6.45, 7) is 0. The highest BCUT2D eigenvalue weighted by atomic mass is 35.5. The van der Waals surface area contributed by atoms with E-state index in [2.05, 4.69) is 4.98 Å².